The molecule has 2 N–H and O–H groups in total. The molecule has 110 valence electrons. The van der Waals surface area contributed by atoms with Gasteiger partial charge in [0.05, 0.1) is 6.10 Å². The first-order chi connectivity index (χ1) is 8.99. The largest absolute Gasteiger partial charge is 0.480 e. The smallest absolute Gasteiger partial charge is 0.326 e. The standard InChI is InChI=1S/C12H23N3O4/c1-4-14(2)6-5-13-12(18)15-8-9(19-3)7-10(15)11(16)17/h9-10H,4-8H2,1-3H3,(H,13,18)(H,16,17). The van der Waals surface area contributed by atoms with Crippen molar-refractivity contribution in [3.05, 3.63) is 0 Å². The van der Waals surface area contributed by atoms with E-state index in [0.717, 1.165) is 13.1 Å². The molecule has 1 saturated heterocycles. The molecule has 0 spiro atoms. The second-order valence-corrected chi connectivity index (χ2v) is 4.73. The predicted molar refractivity (Wildman–Crippen MR) is 70.1 cm³/mol. The molecule has 0 aromatic heterocycles. The van der Waals surface area contributed by atoms with E-state index in [2.05, 4.69) is 10.2 Å². The molecule has 2 unspecified atom stereocenters. The Morgan fingerprint density at radius 2 is 2.21 bits per heavy atom. The normalized spacial score (nSPS) is 22.8. The fourth-order valence-corrected chi connectivity index (χ4v) is 2.04. The number of hydrogen-bond donors (Lipinski definition) is 2. The number of likely N-dealkylation sites (tertiary alicyclic amines) is 1. The zero-order valence-electron chi connectivity index (χ0n) is 11.8. The third-order valence-electron chi connectivity index (χ3n) is 3.45. The molecule has 7 heteroatoms. The van der Waals surface area contributed by atoms with Crippen LogP contribution < -0.4 is 5.32 Å². The SMILES string of the molecule is CCN(C)CCNC(=O)N1CC(OC)CC1C(=O)O. The summed E-state index contributed by atoms with van der Waals surface area (Å²) in [6.07, 6.45) is 0.138. The van der Waals surface area contributed by atoms with Crippen molar-refractivity contribution < 1.29 is 19.4 Å². The van der Waals surface area contributed by atoms with E-state index in [-0.39, 0.29) is 12.1 Å². The van der Waals surface area contributed by atoms with Crippen LogP contribution in [0.4, 0.5) is 4.79 Å². The second kappa shape index (κ2) is 7.30. The summed E-state index contributed by atoms with van der Waals surface area (Å²) in [5, 5.41) is 11.9. The summed E-state index contributed by atoms with van der Waals surface area (Å²) in [6, 6.07) is -1.13. The van der Waals surface area contributed by atoms with Crippen molar-refractivity contribution in [2.75, 3.05) is 40.3 Å². The van der Waals surface area contributed by atoms with E-state index in [4.69, 9.17) is 9.84 Å². The van der Waals surface area contributed by atoms with Crippen LogP contribution in [0.3, 0.4) is 0 Å². The highest BCUT2D eigenvalue weighted by Crippen LogP contribution is 2.20. The maximum absolute atomic E-state index is 12.0. The van der Waals surface area contributed by atoms with E-state index in [0.29, 0.717) is 19.5 Å². The Labute approximate surface area is 113 Å². The van der Waals surface area contributed by atoms with Crippen molar-refractivity contribution in [1.29, 1.82) is 0 Å². The number of carboxylic acid groups (broad SMARTS) is 1. The number of rotatable bonds is 6. The minimum Gasteiger partial charge on any atom is -0.480 e. The number of likely N-dealkylation sites (N-methyl/N-ethyl adjacent to an activating group) is 1. The maximum Gasteiger partial charge on any atom is 0.326 e. The molecule has 0 aromatic carbocycles. The summed E-state index contributed by atoms with van der Waals surface area (Å²) < 4.78 is 5.14. The minimum absolute atomic E-state index is 0.204. The Morgan fingerprint density at radius 3 is 2.74 bits per heavy atom. The number of carboxylic acids is 1. The molecule has 7 nitrogen and oxygen atoms in total. The molecule has 19 heavy (non-hydrogen) atoms. The van der Waals surface area contributed by atoms with Crippen molar-refractivity contribution in [2.45, 2.75) is 25.5 Å². The van der Waals surface area contributed by atoms with Crippen molar-refractivity contribution in [2.24, 2.45) is 0 Å². The fraction of sp³-hybridized carbons (Fsp3) is 0.833. The zero-order chi connectivity index (χ0) is 14.4. The summed E-state index contributed by atoms with van der Waals surface area (Å²) in [4.78, 5) is 26.5. The lowest BCUT2D eigenvalue weighted by Crippen LogP contribution is -2.47. The van der Waals surface area contributed by atoms with Crippen molar-refractivity contribution >= 4 is 12.0 Å². The molecule has 0 radical (unpaired) electrons. The number of nitrogens with zero attached hydrogens (tertiary/aromatic N) is 2. The quantitative estimate of drug-likeness (QED) is 0.701. The van der Waals surface area contributed by atoms with Gasteiger partial charge in [-0.15, -0.1) is 0 Å². The van der Waals surface area contributed by atoms with Gasteiger partial charge in [0.2, 0.25) is 0 Å². The van der Waals surface area contributed by atoms with Gasteiger partial charge in [0.1, 0.15) is 6.04 Å². The average molecular weight is 273 g/mol. The number of nitrogens with one attached hydrogen (secondary N) is 1. The van der Waals surface area contributed by atoms with Crippen LogP contribution in [0.5, 0.6) is 0 Å². The molecular formula is C12H23N3O4. The highest BCUT2D eigenvalue weighted by Gasteiger charge is 2.39. The average Bonchev–Trinajstić information content (AvgIpc) is 2.82. The Morgan fingerprint density at radius 1 is 1.53 bits per heavy atom. The molecule has 1 fully saturated rings. The van der Waals surface area contributed by atoms with E-state index >= 15 is 0 Å². The van der Waals surface area contributed by atoms with E-state index in [1.807, 2.05) is 14.0 Å². The third-order valence-corrected chi connectivity index (χ3v) is 3.45. The van der Waals surface area contributed by atoms with Gasteiger partial charge in [-0.1, -0.05) is 6.92 Å². The summed E-state index contributed by atoms with van der Waals surface area (Å²) in [6.45, 7) is 4.50. The number of carbonyl (C=O) groups is 2. The molecule has 2 atom stereocenters. The van der Waals surface area contributed by atoms with Gasteiger partial charge in [0.15, 0.2) is 0 Å². The number of ether oxygens (including phenoxy) is 1. The van der Waals surface area contributed by atoms with Crippen LogP contribution in [0.2, 0.25) is 0 Å². The van der Waals surface area contributed by atoms with E-state index in [1.165, 1.54) is 12.0 Å². The Kier molecular flexibility index (Phi) is 6.04. The van der Waals surface area contributed by atoms with Gasteiger partial charge < -0.3 is 25.0 Å². The topological polar surface area (TPSA) is 82.1 Å². The Hall–Kier alpha value is -1.34. The summed E-state index contributed by atoms with van der Waals surface area (Å²) in [5.41, 5.74) is 0. The molecule has 2 amide bonds. The molecule has 0 saturated carbocycles. The van der Waals surface area contributed by atoms with Gasteiger partial charge in [0, 0.05) is 33.2 Å². The van der Waals surface area contributed by atoms with Crippen LogP contribution in [-0.2, 0) is 9.53 Å². The lowest BCUT2D eigenvalue weighted by molar-refractivity contribution is -0.141. The summed E-state index contributed by atoms with van der Waals surface area (Å²) in [5.74, 6) is -0.986. The van der Waals surface area contributed by atoms with E-state index < -0.39 is 12.0 Å². The molecule has 1 aliphatic heterocycles. The van der Waals surface area contributed by atoms with Gasteiger partial charge in [-0.2, -0.15) is 0 Å². The van der Waals surface area contributed by atoms with Crippen molar-refractivity contribution in [3.63, 3.8) is 0 Å². The first kappa shape index (κ1) is 15.7. The lowest BCUT2D eigenvalue weighted by Gasteiger charge is -2.22. The van der Waals surface area contributed by atoms with Gasteiger partial charge in [0.25, 0.3) is 0 Å². The molecule has 0 aromatic rings. The summed E-state index contributed by atoms with van der Waals surface area (Å²) in [7, 11) is 3.49. The number of urea groups is 1. The van der Waals surface area contributed by atoms with Gasteiger partial charge >= 0.3 is 12.0 Å². The van der Waals surface area contributed by atoms with Crippen LogP contribution in [0.25, 0.3) is 0 Å². The molecule has 1 heterocycles. The maximum atomic E-state index is 12.0. The Bertz CT molecular complexity index is 324. The minimum atomic E-state index is -0.986. The van der Waals surface area contributed by atoms with Crippen LogP contribution in [-0.4, -0.2) is 79.4 Å². The lowest BCUT2D eigenvalue weighted by atomic mass is 10.2. The Balaban J connectivity index is 2.47. The van der Waals surface area contributed by atoms with E-state index in [9.17, 15) is 9.59 Å². The van der Waals surface area contributed by atoms with Crippen LogP contribution >= 0.6 is 0 Å². The zero-order valence-corrected chi connectivity index (χ0v) is 11.8. The summed E-state index contributed by atoms with van der Waals surface area (Å²) >= 11 is 0. The van der Waals surface area contributed by atoms with Gasteiger partial charge in [-0.3, -0.25) is 0 Å². The molecular weight excluding hydrogens is 250 g/mol. The molecule has 1 rings (SSSR count). The monoisotopic (exact) mass is 273 g/mol. The van der Waals surface area contributed by atoms with E-state index in [1.54, 1.807) is 0 Å². The number of amides is 2. The predicted octanol–water partition coefficient (Wildman–Crippen LogP) is -0.178. The van der Waals surface area contributed by atoms with Gasteiger partial charge in [-0.25, -0.2) is 9.59 Å². The first-order valence-electron chi connectivity index (χ1n) is 6.48. The third kappa shape index (κ3) is 4.36. The second-order valence-electron chi connectivity index (χ2n) is 4.73. The molecule has 0 bridgehead atoms. The van der Waals surface area contributed by atoms with Gasteiger partial charge in [-0.05, 0) is 13.6 Å². The van der Waals surface area contributed by atoms with Crippen molar-refractivity contribution in [1.82, 2.24) is 15.1 Å². The highest BCUT2D eigenvalue weighted by atomic mass is 16.5. The highest BCUT2D eigenvalue weighted by molar-refractivity contribution is 5.83. The van der Waals surface area contributed by atoms with Crippen LogP contribution in [0, 0.1) is 0 Å². The van der Waals surface area contributed by atoms with Crippen LogP contribution in [0.15, 0.2) is 0 Å². The molecule has 0 aliphatic carbocycles. The van der Waals surface area contributed by atoms with Crippen LogP contribution in [0.1, 0.15) is 13.3 Å². The molecule has 1 aliphatic rings. The fourth-order valence-electron chi connectivity index (χ4n) is 2.04. The van der Waals surface area contributed by atoms with Crippen molar-refractivity contribution in [3.8, 4) is 0 Å². The first-order valence-corrected chi connectivity index (χ1v) is 6.48. The number of carbonyl (C=O) groups excluding carboxylic acids is 1. The number of methoxy groups -OCH3 is 1. The number of aliphatic carboxylic acids is 1. The number of hydrogen-bond acceptors (Lipinski definition) is 4.